The SMILES string of the molecule is CCN(CC(=O)Nc1nc(C)c(C)s1)C(=O)c1ccccc1C. The summed E-state index contributed by atoms with van der Waals surface area (Å²) in [5, 5.41) is 3.34. The zero-order chi connectivity index (χ0) is 17.0. The third-order valence-electron chi connectivity index (χ3n) is 3.65. The number of hydrogen-bond acceptors (Lipinski definition) is 4. The summed E-state index contributed by atoms with van der Waals surface area (Å²) in [4.78, 5) is 31.6. The Morgan fingerprint density at radius 2 is 1.91 bits per heavy atom. The molecule has 1 aromatic heterocycles. The number of nitrogens with one attached hydrogen (secondary N) is 1. The van der Waals surface area contributed by atoms with Crippen molar-refractivity contribution in [3.05, 3.63) is 46.0 Å². The average Bonchev–Trinajstić information content (AvgIpc) is 2.82. The highest BCUT2D eigenvalue weighted by molar-refractivity contribution is 7.15. The number of aromatic nitrogens is 1. The molecule has 0 aliphatic heterocycles. The van der Waals surface area contributed by atoms with Crippen molar-refractivity contribution in [1.82, 2.24) is 9.88 Å². The van der Waals surface area contributed by atoms with Crippen molar-refractivity contribution in [2.24, 2.45) is 0 Å². The minimum atomic E-state index is -0.234. The first-order valence-electron chi connectivity index (χ1n) is 7.51. The van der Waals surface area contributed by atoms with Gasteiger partial charge in [-0.05, 0) is 39.3 Å². The lowest BCUT2D eigenvalue weighted by Gasteiger charge is -2.21. The van der Waals surface area contributed by atoms with E-state index in [9.17, 15) is 9.59 Å². The molecular weight excluding hydrogens is 310 g/mol. The second-order valence-electron chi connectivity index (χ2n) is 5.34. The summed E-state index contributed by atoms with van der Waals surface area (Å²) in [6.45, 7) is 8.10. The molecule has 0 radical (unpaired) electrons. The average molecular weight is 331 g/mol. The highest BCUT2D eigenvalue weighted by Gasteiger charge is 2.19. The maximum absolute atomic E-state index is 12.6. The number of carbonyl (C=O) groups excluding carboxylic acids is 2. The van der Waals surface area contributed by atoms with Gasteiger partial charge in [0.15, 0.2) is 5.13 Å². The first kappa shape index (κ1) is 17.1. The summed E-state index contributed by atoms with van der Waals surface area (Å²) in [5.41, 5.74) is 2.44. The monoisotopic (exact) mass is 331 g/mol. The van der Waals surface area contributed by atoms with Crippen LogP contribution in [0.4, 0.5) is 5.13 Å². The number of carbonyl (C=O) groups is 2. The zero-order valence-corrected chi connectivity index (χ0v) is 14.7. The van der Waals surface area contributed by atoms with Gasteiger partial charge >= 0.3 is 0 Å². The third kappa shape index (κ3) is 4.16. The van der Waals surface area contributed by atoms with E-state index in [0.717, 1.165) is 16.1 Å². The Kier molecular flexibility index (Phi) is 5.50. The molecule has 1 heterocycles. The predicted molar refractivity (Wildman–Crippen MR) is 93.0 cm³/mol. The van der Waals surface area contributed by atoms with Gasteiger partial charge in [0.25, 0.3) is 5.91 Å². The van der Waals surface area contributed by atoms with Crippen LogP contribution in [0.5, 0.6) is 0 Å². The summed E-state index contributed by atoms with van der Waals surface area (Å²) < 4.78 is 0. The fourth-order valence-electron chi connectivity index (χ4n) is 2.17. The molecule has 2 amide bonds. The molecule has 122 valence electrons. The number of thiazole rings is 1. The zero-order valence-electron chi connectivity index (χ0n) is 13.8. The molecule has 0 atom stereocenters. The minimum Gasteiger partial charge on any atom is -0.330 e. The van der Waals surface area contributed by atoms with Crippen LogP contribution in [0.25, 0.3) is 0 Å². The highest BCUT2D eigenvalue weighted by atomic mass is 32.1. The lowest BCUT2D eigenvalue weighted by molar-refractivity contribution is -0.116. The number of likely N-dealkylation sites (N-methyl/N-ethyl adjacent to an activating group) is 1. The van der Waals surface area contributed by atoms with Crippen molar-refractivity contribution in [2.45, 2.75) is 27.7 Å². The van der Waals surface area contributed by atoms with E-state index in [1.807, 2.05) is 45.9 Å². The number of anilines is 1. The van der Waals surface area contributed by atoms with Crippen molar-refractivity contribution in [2.75, 3.05) is 18.4 Å². The largest absolute Gasteiger partial charge is 0.330 e. The highest BCUT2D eigenvalue weighted by Crippen LogP contribution is 2.21. The molecule has 1 aromatic carbocycles. The summed E-state index contributed by atoms with van der Waals surface area (Å²) in [5.74, 6) is -0.366. The molecule has 0 spiro atoms. The smallest absolute Gasteiger partial charge is 0.254 e. The van der Waals surface area contributed by atoms with E-state index in [-0.39, 0.29) is 18.4 Å². The van der Waals surface area contributed by atoms with Gasteiger partial charge < -0.3 is 10.2 Å². The van der Waals surface area contributed by atoms with Gasteiger partial charge in [-0.3, -0.25) is 9.59 Å². The molecule has 1 N–H and O–H groups in total. The van der Waals surface area contributed by atoms with Crippen LogP contribution in [0.3, 0.4) is 0 Å². The normalized spacial score (nSPS) is 10.4. The van der Waals surface area contributed by atoms with Crippen LogP contribution in [0.1, 0.15) is 33.4 Å². The summed E-state index contributed by atoms with van der Waals surface area (Å²) in [6, 6.07) is 7.39. The molecule has 2 rings (SSSR count). The molecule has 0 bridgehead atoms. The van der Waals surface area contributed by atoms with Crippen molar-refractivity contribution in [1.29, 1.82) is 0 Å². The van der Waals surface area contributed by atoms with E-state index in [4.69, 9.17) is 0 Å². The molecule has 0 fully saturated rings. The Morgan fingerprint density at radius 1 is 1.22 bits per heavy atom. The van der Waals surface area contributed by atoms with Crippen LogP contribution in [0.2, 0.25) is 0 Å². The molecule has 0 aliphatic carbocycles. The lowest BCUT2D eigenvalue weighted by Crippen LogP contribution is -2.38. The van der Waals surface area contributed by atoms with Gasteiger partial charge in [0, 0.05) is 17.0 Å². The molecule has 5 nitrogen and oxygen atoms in total. The van der Waals surface area contributed by atoms with Gasteiger partial charge in [-0.2, -0.15) is 0 Å². The molecule has 2 aromatic rings. The molecular formula is C17H21N3O2S. The maximum atomic E-state index is 12.6. The minimum absolute atomic E-state index is 0.0152. The Morgan fingerprint density at radius 3 is 2.48 bits per heavy atom. The van der Waals surface area contributed by atoms with Gasteiger partial charge in [-0.25, -0.2) is 4.98 Å². The molecule has 0 saturated carbocycles. The molecule has 6 heteroatoms. The number of hydrogen-bond donors (Lipinski definition) is 1. The van der Waals surface area contributed by atoms with Crippen LogP contribution >= 0.6 is 11.3 Å². The van der Waals surface area contributed by atoms with Crippen LogP contribution in [0, 0.1) is 20.8 Å². The van der Waals surface area contributed by atoms with Gasteiger partial charge in [0.1, 0.15) is 6.54 Å². The Bertz CT molecular complexity index is 705. The Labute approximate surface area is 140 Å². The number of benzene rings is 1. The Hall–Kier alpha value is -2.21. The van der Waals surface area contributed by atoms with Crippen LogP contribution in [0.15, 0.2) is 24.3 Å². The van der Waals surface area contributed by atoms with Crippen molar-refractivity contribution in [3.8, 4) is 0 Å². The fourth-order valence-corrected chi connectivity index (χ4v) is 3.00. The van der Waals surface area contributed by atoms with Crippen LogP contribution < -0.4 is 5.32 Å². The summed E-state index contributed by atoms with van der Waals surface area (Å²) >= 11 is 1.44. The van der Waals surface area contributed by atoms with Crippen molar-refractivity contribution in [3.63, 3.8) is 0 Å². The van der Waals surface area contributed by atoms with Gasteiger partial charge in [0.05, 0.1) is 5.69 Å². The van der Waals surface area contributed by atoms with Gasteiger partial charge in [0.2, 0.25) is 5.91 Å². The molecule has 0 unspecified atom stereocenters. The van der Waals surface area contributed by atoms with Gasteiger partial charge in [-0.1, -0.05) is 18.2 Å². The first-order valence-corrected chi connectivity index (χ1v) is 8.32. The first-order chi connectivity index (χ1) is 10.9. The van der Waals surface area contributed by atoms with Gasteiger partial charge in [-0.15, -0.1) is 11.3 Å². The molecule has 0 saturated heterocycles. The standard InChI is InChI=1S/C17H21N3O2S/c1-5-20(16(22)14-9-7-6-8-11(14)2)10-15(21)19-17-18-12(3)13(4)23-17/h6-9H,5,10H2,1-4H3,(H,18,19,21). The van der Waals surface area contributed by atoms with Crippen LogP contribution in [-0.4, -0.2) is 34.8 Å². The summed E-state index contributed by atoms with van der Waals surface area (Å²) in [7, 11) is 0. The van der Waals surface area contributed by atoms with Crippen molar-refractivity contribution >= 4 is 28.3 Å². The summed E-state index contributed by atoms with van der Waals surface area (Å²) in [6.07, 6.45) is 0. The quantitative estimate of drug-likeness (QED) is 0.915. The number of nitrogens with zero attached hydrogens (tertiary/aromatic N) is 2. The number of aryl methyl sites for hydroxylation is 3. The van der Waals surface area contributed by atoms with E-state index in [1.165, 1.54) is 16.2 Å². The second kappa shape index (κ2) is 7.37. The molecule has 23 heavy (non-hydrogen) atoms. The lowest BCUT2D eigenvalue weighted by atomic mass is 10.1. The molecule has 0 aliphatic rings. The number of rotatable bonds is 5. The number of amides is 2. The van der Waals surface area contributed by atoms with E-state index < -0.39 is 0 Å². The topological polar surface area (TPSA) is 62.3 Å². The maximum Gasteiger partial charge on any atom is 0.254 e. The van der Waals surface area contributed by atoms with E-state index in [1.54, 1.807) is 6.07 Å². The van der Waals surface area contributed by atoms with Crippen molar-refractivity contribution < 1.29 is 9.59 Å². The van der Waals surface area contributed by atoms with E-state index in [0.29, 0.717) is 17.2 Å². The van der Waals surface area contributed by atoms with E-state index >= 15 is 0 Å². The Balaban J connectivity index is 2.05. The van der Waals surface area contributed by atoms with Crippen LogP contribution in [-0.2, 0) is 4.79 Å². The predicted octanol–water partition coefficient (Wildman–Crippen LogP) is 3.17. The fraction of sp³-hybridized carbons (Fsp3) is 0.353. The second-order valence-corrected chi connectivity index (χ2v) is 6.55. The van der Waals surface area contributed by atoms with E-state index in [2.05, 4.69) is 10.3 Å². The third-order valence-corrected chi connectivity index (χ3v) is 4.64.